The topological polar surface area (TPSA) is 78.9 Å². The average molecular weight is 284 g/mol. The summed E-state index contributed by atoms with van der Waals surface area (Å²) in [5.41, 5.74) is -1.17. The molecule has 110 valence electrons. The molecule has 1 rings (SSSR count). The molecule has 0 radical (unpaired) electrons. The lowest BCUT2D eigenvalue weighted by atomic mass is 10.1. The molecule has 1 aromatic rings. The summed E-state index contributed by atoms with van der Waals surface area (Å²) < 4.78 is 18.2. The van der Waals surface area contributed by atoms with E-state index < -0.39 is 23.4 Å². The molecule has 0 saturated carbocycles. The van der Waals surface area contributed by atoms with E-state index in [1.54, 1.807) is 0 Å². The number of carbonyl (C=O) groups excluding carboxylic acids is 1. The number of ether oxygens (including phenoxy) is 1. The van der Waals surface area contributed by atoms with Crippen LogP contribution in [-0.2, 0) is 4.79 Å². The van der Waals surface area contributed by atoms with E-state index in [1.807, 2.05) is 0 Å². The van der Waals surface area contributed by atoms with Crippen LogP contribution in [0.25, 0.3) is 0 Å². The number of nitrogens with one attached hydrogen (secondary N) is 1. The van der Waals surface area contributed by atoms with Gasteiger partial charge in [-0.15, -0.1) is 0 Å². The zero-order valence-corrected chi connectivity index (χ0v) is 11.7. The van der Waals surface area contributed by atoms with Crippen molar-refractivity contribution < 1.29 is 23.8 Å². The molecule has 0 saturated heterocycles. The van der Waals surface area contributed by atoms with Crippen molar-refractivity contribution >= 4 is 17.7 Å². The van der Waals surface area contributed by atoms with E-state index in [2.05, 4.69) is 5.32 Å². The van der Waals surface area contributed by atoms with Gasteiger partial charge in [0.2, 0.25) is 0 Å². The van der Waals surface area contributed by atoms with Gasteiger partial charge in [0.05, 0.1) is 7.11 Å². The Morgan fingerprint density at radius 1 is 1.40 bits per heavy atom. The van der Waals surface area contributed by atoms with Gasteiger partial charge in [-0.1, -0.05) is 0 Å². The molecule has 0 spiro atoms. The molecule has 2 amide bonds. The van der Waals surface area contributed by atoms with Gasteiger partial charge in [-0.2, -0.15) is 0 Å². The minimum Gasteiger partial charge on any atom is -0.494 e. The Labute approximate surface area is 116 Å². The zero-order valence-electron chi connectivity index (χ0n) is 11.7. The first-order valence-corrected chi connectivity index (χ1v) is 5.82. The zero-order chi connectivity index (χ0) is 15.5. The van der Waals surface area contributed by atoms with E-state index in [-0.39, 0.29) is 11.4 Å². The standard InChI is InChI=1S/C13H17FN2O4/c1-13(2,11(17)18)16(3)12(19)15-8-5-6-10(20-4)9(14)7-8/h5-7H,1-4H3,(H,15,19)(H,17,18). The summed E-state index contributed by atoms with van der Waals surface area (Å²) in [6.07, 6.45) is 0. The maximum absolute atomic E-state index is 13.5. The second-order valence-electron chi connectivity index (χ2n) is 4.70. The van der Waals surface area contributed by atoms with Gasteiger partial charge in [0.15, 0.2) is 11.6 Å². The van der Waals surface area contributed by atoms with Crippen LogP contribution < -0.4 is 10.1 Å². The van der Waals surface area contributed by atoms with Crippen LogP contribution >= 0.6 is 0 Å². The minimum atomic E-state index is -1.38. The number of likely N-dealkylation sites (N-methyl/N-ethyl adjacent to an activating group) is 1. The average Bonchev–Trinajstić information content (AvgIpc) is 2.37. The second kappa shape index (κ2) is 5.77. The van der Waals surface area contributed by atoms with Crippen molar-refractivity contribution in [3.63, 3.8) is 0 Å². The molecule has 2 N–H and O–H groups in total. The summed E-state index contributed by atoms with van der Waals surface area (Å²) in [7, 11) is 2.68. The van der Waals surface area contributed by atoms with Crippen LogP contribution in [0.5, 0.6) is 5.75 Å². The Bertz CT molecular complexity index is 531. The number of benzene rings is 1. The minimum absolute atomic E-state index is 0.0576. The molecule has 0 aliphatic carbocycles. The van der Waals surface area contributed by atoms with Crippen LogP contribution in [0.4, 0.5) is 14.9 Å². The fourth-order valence-electron chi connectivity index (χ4n) is 1.35. The van der Waals surface area contributed by atoms with Crippen molar-refractivity contribution in [1.29, 1.82) is 0 Å². The summed E-state index contributed by atoms with van der Waals surface area (Å²) in [6, 6.07) is 3.27. The highest BCUT2D eigenvalue weighted by Gasteiger charge is 2.35. The quantitative estimate of drug-likeness (QED) is 0.888. The Kier molecular flexibility index (Phi) is 4.54. The predicted molar refractivity (Wildman–Crippen MR) is 71.4 cm³/mol. The third-order valence-corrected chi connectivity index (χ3v) is 3.07. The molecule has 7 heteroatoms. The third-order valence-electron chi connectivity index (χ3n) is 3.07. The van der Waals surface area contributed by atoms with Gasteiger partial charge in [-0.05, 0) is 26.0 Å². The van der Waals surface area contributed by atoms with E-state index in [0.29, 0.717) is 0 Å². The Morgan fingerprint density at radius 3 is 2.45 bits per heavy atom. The lowest BCUT2D eigenvalue weighted by molar-refractivity contribution is -0.146. The summed E-state index contributed by atoms with van der Waals surface area (Å²) in [5, 5.41) is 11.5. The smallest absolute Gasteiger partial charge is 0.329 e. The van der Waals surface area contributed by atoms with Crippen molar-refractivity contribution in [2.24, 2.45) is 0 Å². The molecule has 1 aromatic carbocycles. The molecule has 0 atom stereocenters. The SMILES string of the molecule is COc1ccc(NC(=O)N(C)C(C)(C)C(=O)O)cc1F. The molecular weight excluding hydrogens is 267 g/mol. The number of amides is 2. The number of rotatable bonds is 4. The maximum atomic E-state index is 13.5. The first kappa shape index (κ1) is 15.7. The molecule has 0 fully saturated rings. The van der Waals surface area contributed by atoms with Gasteiger partial charge in [0.1, 0.15) is 5.54 Å². The van der Waals surface area contributed by atoms with E-state index in [1.165, 1.54) is 40.1 Å². The van der Waals surface area contributed by atoms with Gasteiger partial charge in [-0.25, -0.2) is 14.0 Å². The van der Waals surface area contributed by atoms with Crippen LogP contribution in [0.1, 0.15) is 13.8 Å². The van der Waals surface area contributed by atoms with Gasteiger partial charge < -0.3 is 20.1 Å². The fraction of sp³-hybridized carbons (Fsp3) is 0.385. The highest BCUT2D eigenvalue weighted by molar-refractivity contribution is 5.93. The fourth-order valence-corrected chi connectivity index (χ4v) is 1.35. The molecule has 0 heterocycles. The lowest BCUT2D eigenvalue weighted by Gasteiger charge is -2.31. The Balaban J connectivity index is 2.86. The van der Waals surface area contributed by atoms with Crippen LogP contribution in [0.15, 0.2) is 18.2 Å². The molecule has 0 unspecified atom stereocenters. The predicted octanol–water partition coefficient (Wildman–Crippen LogP) is 2.16. The number of hydrogen-bond acceptors (Lipinski definition) is 3. The molecule has 20 heavy (non-hydrogen) atoms. The number of methoxy groups -OCH3 is 1. The molecule has 0 aliphatic rings. The van der Waals surface area contributed by atoms with E-state index in [9.17, 15) is 14.0 Å². The van der Waals surface area contributed by atoms with E-state index >= 15 is 0 Å². The summed E-state index contributed by atoms with van der Waals surface area (Å²) in [6.45, 7) is 2.78. The summed E-state index contributed by atoms with van der Waals surface area (Å²) in [4.78, 5) is 24.0. The van der Waals surface area contributed by atoms with Crippen LogP contribution in [-0.4, -0.2) is 41.7 Å². The molecule has 0 aromatic heterocycles. The second-order valence-corrected chi connectivity index (χ2v) is 4.70. The first-order chi connectivity index (χ1) is 9.20. The highest BCUT2D eigenvalue weighted by atomic mass is 19.1. The number of nitrogens with zero attached hydrogens (tertiary/aromatic N) is 1. The summed E-state index contributed by atoms with van der Waals surface area (Å²) >= 11 is 0. The van der Waals surface area contributed by atoms with Crippen LogP contribution in [0.2, 0.25) is 0 Å². The Morgan fingerprint density at radius 2 is 2.00 bits per heavy atom. The van der Waals surface area contributed by atoms with Crippen LogP contribution in [0, 0.1) is 5.82 Å². The lowest BCUT2D eigenvalue weighted by Crippen LogP contribution is -2.52. The van der Waals surface area contributed by atoms with Crippen molar-refractivity contribution in [2.75, 3.05) is 19.5 Å². The van der Waals surface area contributed by atoms with Gasteiger partial charge in [0, 0.05) is 18.8 Å². The van der Waals surface area contributed by atoms with E-state index in [4.69, 9.17) is 9.84 Å². The first-order valence-electron chi connectivity index (χ1n) is 5.82. The molecular formula is C13H17FN2O4. The van der Waals surface area contributed by atoms with Crippen molar-refractivity contribution in [3.8, 4) is 5.75 Å². The normalized spacial score (nSPS) is 10.8. The van der Waals surface area contributed by atoms with Crippen molar-refractivity contribution in [2.45, 2.75) is 19.4 Å². The monoisotopic (exact) mass is 284 g/mol. The number of urea groups is 1. The largest absolute Gasteiger partial charge is 0.494 e. The molecule has 0 bridgehead atoms. The third kappa shape index (κ3) is 3.17. The Hall–Kier alpha value is -2.31. The maximum Gasteiger partial charge on any atom is 0.329 e. The van der Waals surface area contributed by atoms with Crippen molar-refractivity contribution in [1.82, 2.24) is 4.90 Å². The number of anilines is 1. The van der Waals surface area contributed by atoms with Crippen LogP contribution in [0.3, 0.4) is 0 Å². The van der Waals surface area contributed by atoms with Gasteiger partial charge >= 0.3 is 12.0 Å². The summed E-state index contributed by atoms with van der Waals surface area (Å²) in [5.74, 6) is -1.70. The number of hydrogen-bond donors (Lipinski definition) is 2. The van der Waals surface area contributed by atoms with Gasteiger partial charge in [-0.3, -0.25) is 0 Å². The number of carboxylic acid groups (broad SMARTS) is 1. The number of aliphatic carboxylic acids is 1. The number of carbonyl (C=O) groups is 2. The highest BCUT2D eigenvalue weighted by Crippen LogP contribution is 2.21. The van der Waals surface area contributed by atoms with Crippen molar-refractivity contribution in [3.05, 3.63) is 24.0 Å². The van der Waals surface area contributed by atoms with E-state index in [0.717, 1.165) is 11.0 Å². The number of halogens is 1. The number of carboxylic acids is 1. The molecule has 6 nitrogen and oxygen atoms in total. The molecule has 0 aliphatic heterocycles. The van der Waals surface area contributed by atoms with Gasteiger partial charge in [0.25, 0.3) is 0 Å².